The fraction of sp³-hybridized carbons (Fsp3) is 0.346. The fourth-order valence-electron chi connectivity index (χ4n) is 4.13. The van der Waals surface area contributed by atoms with Gasteiger partial charge in [0, 0.05) is 31.2 Å². The first-order chi connectivity index (χ1) is 16.8. The minimum absolute atomic E-state index is 0.0909. The Morgan fingerprint density at radius 2 is 1.94 bits per heavy atom. The van der Waals surface area contributed by atoms with Crippen molar-refractivity contribution in [3.63, 3.8) is 0 Å². The summed E-state index contributed by atoms with van der Waals surface area (Å²) in [6.45, 7) is 4.61. The molecular formula is C26H30FN7O. The quantitative estimate of drug-likeness (QED) is 0.556. The number of para-hydroxylation sites is 1. The Bertz CT molecular complexity index is 1250. The molecule has 0 spiro atoms. The van der Waals surface area contributed by atoms with Crippen LogP contribution in [0.1, 0.15) is 19.0 Å². The summed E-state index contributed by atoms with van der Waals surface area (Å²) < 4.78 is 14.8. The molecule has 9 heteroatoms. The second-order valence-corrected chi connectivity index (χ2v) is 8.90. The Hall–Kier alpha value is -3.90. The summed E-state index contributed by atoms with van der Waals surface area (Å²) in [4.78, 5) is 10.3. The van der Waals surface area contributed by atoms with Crippen LogP contribution in [0.3, 0.4) is 0 Å². The molecule has 0 aliphatic carbocycles. The zero-order chi connectivity index (χ0) is 24.9. The number of aromatic hydroxyl groups is 1. The molecule has 2 aromatic heterocycles. The number of benzene rings is 1. The summed E-state index contributed by atoms with van der Waals surface area (Å²) >= 11 is 0. The van der Waals surface area contributed by atoms with Crippen molar-refractivity contribution in [2.45, 2.75) is 19.4 Å². The van der Waals surface area contributed by atoms with Crippen LogP contribution in [0.5, 0.6) is 5.75 Å². The second kappa shape index (κ2) is 10.6. The fourth-order valence-corrected chi connectivity index (χ4v) is 4.13. The van der Waals surface area contributed by atoms with E-state index in [-0.39, 0.29) is 17.6 Å². The standard InChI is InChI=1S/C26H30FN7O/c1-18-10-12-33(24-16-22(30-31-26(24)28)20-8-4-5-9-25(20)35)13-14-34(18)23-15-19(29-17-21(23)27)7-6-11-32(2)3/h4-5,8-9,15-18,35H,10-14H2,1-3H3,(H2,28,31)/t18-/m1/s1. The van der Waals surface area contributed by atoms with E-state index in [4.69, 9.17) is 5.73 Å². The largest absolute Gasteiger partial charge is 0.507 e. The molecule has 4 rings (SSSR count). The van der Waals surface area contributed by atoms with Crippen LogP contribution >= 0.6 is 0 Å². The number of pyridine rings is 1. The Morgan fingerprint density at radius 1 is 1.14 bits per heavy atom. The molecular weight excluding hydrogens is 445 g/mol. The number of hydrogen-bond acceptors (Lipinski definition) is 8. The number of aromatic nitrogens is 3. The molecule has 3 aromatic rings. The van der Waals surface area contributed by atoms with E-state index in [9.17, 15) is 9.50 Å². The summed E-state index contributed by atoms with van der Waals surface area (Å²) in [5.74, 6) is 6.16. The van der Waals surface area contributed by atoms with Crippen LogP contribution in [0.4, 0.5) is 21.6 Å². The lowest BCUT2D eigenvalue weighted by molar-refractivity contribution is 0.464. The van der Waals surface area contributed by atoms with Crippen molar-refractivity contribution in [1.29, 1.82) is 0 Å². The molecule has 8 nitrogen and oxygen atoms in total. The van der Waals surface area contributed by atoms with Crippen LogP contribution in [-0.4, -0.2) is 71.5 Å². The molecule has 1 aliphatic heterocycles. The number of phenolic OH excluding ortho intramolecular Hbond substituents is 1. The molecule has 182 valence electrons. The predicted molar refractivity (Wildman–Crippen MR) is 137 cm³/mol. The van der Waals surface area contributed by atoms with E-state index in [1.165, 1.54) is 6.20 Å². The van der Waals surface area contributed by atoms with Gasteiger partial charge in [-0.2, -0.15) is 0 Å². The monoisotopic (exact) mass is 475 g/mol. The van der Waals surface area contributed by atoms with Gasteiger partial charge in [-0.1, -0.05) is 18.1 Å². The number of nitrogens with zero attached hydrogens (tertiary/aromatic N) is 6. The maximum Gasteiger partial charge on any atom is 0.169 e. The van der Waals surface area contributed by atoms with Crippen molar-refractivity contribution >= 4 is 17.2 Å². The molecule has 0 saturated carbocycles. The molecule has 0 unspecified atom stereocenters. The van der Waals surface area contributed by atoms with Gasteiger partial charge >= 0.3 is 0 Å². The summed E-state index contributed by atoms with van der Waals surface area (Å²) in [6.07, 6.45) is 2.03. The lowest BCUT2D eigenvalue weighted by atomic mass is 10.1. The first-order valence-electron chi connectivity index (χ1n) is 11.6. The van der Waals surface area contributed by atoms with Crippen molar-refractivity contribution in [2.75, 3.05) is 55.8 Å². The lowest BCUT2D eigenvalue weighted by Gasteiger charge is -2.29. The Kier molecular flexibility index (Phi) is 7.32. The first-order valence-corrected chi connectivity index (χ1v) is 11.6. The molecule has 3 heterocycles. The van der Waals surface area contributed by atoms with E-state index in [0.717, 1.165) is 18.7 Å². The Labute approximate surface area is 205 Å². The van der Waals surface area contributed by atoms with Gasteiger partial charge < -0.3 is 20.6 Å². The highest BCUT2D eigenvalue weighted by Crippen LogP contribution is 2.32. The third-order valence-corrected chi connectivity index (χ3v) is 6.04. The average molecular weight is 476 g/mol. The zero-order valence-corrected chi connectivity index (χ0v) is 20.2. The van der Waals surface area contributed by atoms with E-state index in [0.29, 0.717) is 48.1 Å². The summed E-state index contributed by atoms with van der Waals surface area (Å²) in [6, 6.07) is 10.7. The van der Waals surface area contributed by atoms with Gasteiger partial charge in [0.2, 0.25) is 0 Å². The van der Waals surface area contributed by atoms with Crippen LogP contribution in [0.25, 0.3) is 11.3 Å². The van der Waals surface area contributed by atoms with Gasteiger partial charge in [0.05, 0.1) is 29.8 Å². The van der Waals surface area contributed by atoms with E-state index < -0.39 is 0 Å². The molecule has 1 fully saturated rings. The van der Waals surface area contributed by atoms with Gasteiger partial charge in [-0.25, -0.2) is 9.37 Å². The minimum atomic E-state index is -0.365. The average Bonchev–Trinajstić information content (AvgIpc) is 3.02. The molecule has 35 heavy (non-hydrogen) atoms. The van der Waals surface area contributed by atoms with Gasteiger partial charge in [0.25, 0.3) is 0 Å². The number of anilines is 3. The third-order valence-electron chi connectivity index (χ3n) is 6.04. The van der Waals surface area contributed by atoms with Crippen LogP contribution in [0, 0.1) is 17.7 Å². The number of nitrogen functional groups attached to an aromatic ring is 1. The molecule has 1 aromatic carbocycles. The van der Waals surface area contributed by atoms with Gasteiger partial charge in [0.15, 0.2) is 11.6 Å². The highest BCUT2D eigenvalue weighted by molar-refractivity contribution is 5.74. The van der Waals surface area contributed by atoms with Crippen LogP contribution in [0.2, 0.25) is 0 Å². The number of hydrogen-bond donors (Lipinski definition) is 2. The minimum Gasteiger partial charge on any atom is -0.507 e. The van der Waals surface area contributed by atoms with Crippen LogP contribution in [0.15, 0.2) is 42.6 Å². The summed E-state index contributed by atoms with van der Waals surface area (Å²) in [5, 5.41) is 18.6. The van der Waals surface area contributed by atoms with Crippen LogP contribution in [-0.2, 0) is 0 Å². The van der Waals surface area contributed by atoms with Crippen LogP contribution < -0.4 is 15.5 Å². The SMILES string of the molecule is C[C@@H]1CCN(c2cc(-c3ccccc3O)nnc2N)CCN1c1cc(C#CCN(C)C)ncc1F. The maximum absolute atomic E-state index is 14.8. The molecule has 0 bridgehead atoms. The lowest BCUT2D eigenvalue weighted by Crippen LogP contribution is -2.35. The van der Waals surface area contributed by atoms with Gasteiger partial charge in [-0.15, -0.1) is 10.2 Å². The van der Waals surface area contributed by atoms with Crippen molar-refractivity contribution in [2.24, 2.45) is 0 Å². The number of rotatable bonds is 4. The summed E-state index contributed by atoms with van der Waals surface area (Å²) in [7, 11) is 3.89. The predicted octanol–water partition coefficient (Wildman–Crippen LogP) is 2.98. The smallest absolute Gasteiger partial charge is 0.169 e. The van der Waals surface area contributed by atoms with Gasteiger partial charge in [-0.05, 0) is 57.6 Å². The highest BCUT2D eigenvalue weighted by atomic mass is 19.1. The van der Waals surface area contributed by atoms with Crippen molar-refractivity contribution in [1.82, 2.24) is 20.1 Å². The van der Waals surface area contributed by atoms with Gasteiger partial charge in [-0.3, -0.25) is 4.90 Å². The molecule has 0 radical (unpaired) electrons. The summed E-state index contributed by atoms with van der Waals surface area (Å²) in [5.41, 5.74) is 9.13. The Balaban J connectivity index is 1.58. The third kappa shape index (κ3) is 5.61. The zero-order valence-electron chi connectivity index (χ0n) is 20.2. The van der Waals surface area contributed by atoms with E-state index in [1.54, 1.807) is 24.3 Å². The molecule has 1 aliphatic rings. The maximum atomic E-state index is 14.8. The van der Waals surface area contributed by atoms with Gasteiger partial charge in [0.1, 0.15) is 11.4 Å². The van der Waals surface area contributed by atoms with E-state index in [1.807, 2.05) is 31.1 Å². The van der Waals surface area contributed by atoms with E-state index in [2.05, 4.69) is 43.7 Å². The number of halogens is 1. The first kappa shape index (κ1) is 24.2. The molecule has 1 atom stereocenters. The molecule has 0 amide bonds. The number of phenols is 1. The normalized spacial score (nSPS) is 16.1. The second-order valence-electron chi connectivity index (χ2n) is 8.90. The molecule has 1 saturated heterocycles. The topological polar surface area (TPSA) is 94.6 Å². The van der Waals surface area contributed by atoms with E-state index >= 15 is 0 Å². The Morgan fingerprint density at radius 3 is 2.71 bits per heavy atom. The number of nitrogens with two attached hydrogens (primary N) is 1. The molecule has 3 N–H and O–H groups in total. The van der Waals surface area contributed by atoms with Crippen molar-refractivity contribution < 1.29 is 9.50 Å². The van der Waals surface area contributed by atoms with Crippen molar-refractivity contribution in [3.05, 3.63) is 54.1 Å². The highest BCUT2D eigenvalue weighted by Gasteiger charge is 2.25. The van der Waals surface area contributed by atoms with Crippen molar-refractivity contribution in [3.8, 4) is 28.8 Å².